The average molecular weight is 472 g/mol. The highest BCUT2D eigenvalue weighted by atomic mass is 32.1. The highest BCUT2D eigenvalue weighted by Crippen LogP contribution is 2.40. The lowest BCUT2D eigenvalue weighted by Gasteiger charge is -2.18. The molecule has 0 bridgehead atoms. The van der Waals surface area contributed by atoms with Crippen LogP contribution in [0.5, 0.6) is 0 Å². The Morgan fingerprint density at radius 2 is 1.76 bits per heavy atom. The average Bonchev–Trinajstić information content (AvgIpc) is 3.08. The van der Waals surface area contributed by atoms with Crippen molar-refractivity contribution in [3.8, 4) is 22.3 Å². The first-order valence-corrected chi connectivity index (χ1v) is 10.7. The number of thiophene rings is 1. The molecule has 0 unspecified atom stereocenters. The molecule has 9 heteroatoms. The number of aliphatic hydroxyl groups is 2. The molecule has 0 spiro atoms. The lowest BCUT2D eigenvalue weighted by molar-refractivity contribution is 0.0778. The molecule has 33 heavy (non-hydrogen) atoms. The third-order valence-electron chi connectivity index (χ3n) is 4.48. The maximum absolute atomic E-state index is 14.8. The quantitative estimate of drug-likeness (QED) is 0.416. The van der Waals surface area contributed by atoms with Gasteiger partial charge in [0.2, 0.25) is 0 Å². The van der Waals surface area contributed by atoms with Crippen LogP contribution in [0.2, 0.25) is 0 Å². The number of anilines is 2. The SMILES string of the molecule is CC(C)(O)C#Cc1cccc(Nc2sc(-c3c(F)cc(C(C)(C)O)cc3F)cc2C(N)=O)n1. The Morgan fingerprint density at radius 1 is 1.12 bits per heavy atom. The van der Waals surface area contributed by atoms with Gasteiger partial charge in [-0.1, -0.05) is 12.0 Å². The Labute approximate surface area is 194 Å². The third kappa shape index (κ3) is 5.93. The summed E-state index contributed by atoms with van der Waals surface area (Å²) >= 11 is 0.930. The molecule has 172 valence electrons. The van der Waals surface area contributed by atoms with E-state index in [2.05, 4.69) is 22.1 Å². The summed E-state index contributed by atoms with van der Waals surface area (Å²) in [6.45, 7) is 5.93. The van der Waals surface area contributed by atoms with Crippen molar-refractivity contribution in [2.75, 3.05) is 5.32 Å². The van der Waals surface area contributed by atoms with E-state index in [4.69, 9.17) is 5.73 Å². The predicted octanol–water partition coefficient (Wildman–Crippen LogP) is 4.28. The summed E-state index contributed by atoms with van der Waals surface area (Å²) in [5, 5.41) is 23.0. The minimum absolute atomic E-state index is 0.0372. The lowest BCUT2D eigenvalue weighted by Crippen LogP contribution is -2.16. The number of rotatable bonds is 5. The summed E-state index contributed by atoms with van der Waals surface area (Å²) in [6, 6.07) is 8.37. The van der Waals surface area contributed by atoms with Crippen LogP contribution in [0.25, 0.3) is 10.4 Å². The van der Waals surface area contributed by atoms with E-state index in [1.54, 1.807) is 32.0 Å². The predicted molar refractivity (Wildman–Crippen MR) is 124 cm³/mol. The van der Waals surface area contributed by atoms with Gasteiger partial charge in [-0.15, -0.1) is 11.3 Å². The van der Waals surface area contributed by atoms with Gasteiger partial charge in [-0.3, -0.25) is 4.79 Å². The van der Waals surface area contributed by atoms with Crippen molar-refractivity contribution in [3.05, 3.63) is 64.9 Å². The van der Waals surface area contributed by atoms with Gasteiger partial charge in [-0.25, -0.2) is 13.8 Å². The number of aromatic nitrogens is 1. The van der Waals surface area contributed by atoms with Crippen molar-refractivity contribution >= 4 is 28.1 Å². The first-order valence-electron chi connectivity index (χ1n) is 9.90. The summed E-state index contributed by atoms with van der Waals surface area (Å²) in [5.41, 5.74) is 3.02. The fourth-order valence-corrected chi connectivity index (χ4v) is 3.98. The zero-order valence-electron chi connectivity index (χ0n) is 18.5. The first kappa shape index (κ1) is 24.3. The Balaban J connectivity index is 2.01. The molecule has 3 rings (SSSR count). The number of amides is 1. The summed E-state index contributed by atoms with van der Waals surface area (Å²) in [4.78, 5) is 16.4. The zero-order valence-corrected chi connectivity index (χ0v) is 19.3. The molecule has 1 aromatic carbocycles. The molecule has 0 fully saturated rings. The zero-order chi connectivity index (χ0) is 24.6. The van der Waals surface area contributed by atoms with Crippen molar-refractivity contribution in [2.24, 2.45) is 5.73 Å². The van der Waals surface area contributed by atoms with Gasteiger partial charge in [-0.05, 0) is 69.5 Å². The summed E-state index contributed by atoms with van der Waals surface area (Å²) in [5.74, 6) is 3.19. The second-order valence-corrected chi connectivity index (χ2v) is 9.49. The van der Waals surface area contributed by atoms with Crippen LogP contribution in [0.4, 0.5) is 19.6 Å². The fraction of sp³-hybridized carbons (Fsp3) is 0.250. The molecular formula is C24H23F2N3O3S. The van der Waals surface area contributed by atoms with Crippen LogP contribution >= 0.6 is 11.3 Å². The Bertz CT molecular complexity index is 1260. The van der Waals surface area contributed by atoms with Crippen molar-refractivity contribution in [3.63, 3.8) is 0 Å². The Kier molecular flexibility index (Phi) is 6.56. The molecule has 0 aliphatic heterocycles. The topological polar surface area (TPSA) is 108 Å². The number of nitrogens with two attached hydrogens (primary N) is 1. The number of carbonyl (C=O) groups excluding carboxylic acids is 1. The number of carbonyl (C=O) groups is 1. The van der Waals surface area contributed by atoms with E-state index >= 15 is 0 Å². The second-order valence-electron chi connectivity index (χ2n) is 8.43. The van der Waals surface area contributed by atoms with Gasteiger partial charge in [0.05, 0.1) is 16.7 Å². The molecule has 0 saturated heterocycles. The van der Waals surface area contributed by atoms with Crippen molar-refractivity contribution < 1.29 is 23.8 Å². The Hall–Kier alpha value is -3.32. The first-order chi connectivity index (χ1) is 15.2. The number of hydrogen-bond donors (Lipinski definition) is 4. The molecule has 0 saturated carbocycles. The molecular weight excluding hydrogens is 448 g/mol. The van der Waals surface area contributed by atoms with Crippen LogP contribution in [0.3, 0.4) is 0 Å². The van der Waals surface area contributed by atoms with Crippen molar-refractivity contribution in [2.45, 2.75) is 38.9 Å². The van der Waals surface area contributed by atoms with Gasteiger partial charge in [0, 0.05) is 4.88 Å². The van der Waals surface area contributed by atoms with E-state index < -0.39 is 28.7 Å². The minimum atomic E-state index is -1.43. The van der Waals surface area contributed by atoms with E-state index in [1.165, 1.54) is 19.9 Å². The third-order valence-corrected chi connectivity index (χ3v) is 5.55. The normalized spacial score (nSPS) is 11.6. The maximum Gasteiger partial charge on any atom is 0.251 e. The Morgan fingerprint density at radius 3 is 2.30 bits per heavy atom. The molecule has 0 aliphatic carbocycles. The van der Waals surface area contributed by atoms with Crippen LogP contribution in [0.15, 0.2) is 36.4 Å². The molecule has 6 nitrogen and oxygen atoms in total. The number of primary amides is 1. The molecule has 3 aromatic rings. The second kappa shape index (κ2) is 8.90. The van der Waals surface area contributed by atoms with Crippen molar-refractivity contribution in [1.82, 2.24) is 4.98 Å². The van der Waals surface area contributed by atoms with E-state index in [9.17, 15) is 23.8 Å². The summed E-state index contributed by atoms with van der Waals surface area (Å²) in [6.07, 6.45) is 0. The van der Waals surface area contributed by atoms with Crippen LogP contribution in [0, 0.1) is 23.5 Å². The molecule has 5 N–H and O–H groups in total. The van der Waals surface area contributed by atoms with Crippen LogP contribution in [-0.2, 0) is 5.60 Å². The van der Waals surface area contributed by atoms with Gasteiger partial charge >= 0.3 is 0 Å². The number of pyridine rings is 1. The molecule has 0 aliphatic rings. The molecule has 0 atom stereocenters. The monoisotopic (exact) mass is 471 g/mol. The van der Waals surface area contributed by atoms with Gasteiger partial charge in [0.1, 0.15) is 33.7 Å². The van der Waals surface area contributed by atoms with E-state index in [0.29, 0.717) is 11.5 Å². The highest BCUT2D eigenvalue weighted by Gasteiger charge is 2.24. The van der Waals surface area contributed by atoms with Gasteiger partial charge in [-0.2, -0.15) is 0 Å². The maximum atomic E-state index is 14.8. The van der Waals surface area contributed by atoms with Crippen LogP contribution in [-0.4, -0.2) is 26.7 Å². The lowest BCUT2D eigenvalue weighted by atomic mass is 9.96. The molecule has 0 radical (unpaired) electrons. The minimum Gasteiger partial charge on any atom is -0.386 e. The summed E-state index contributed by atoms with van der Waals surface area (Å²) in [7, 11) is 0. The number of benzene rings is 1. The van der Waals surface area contributed by atoms with E-state index in [-0.39, 0.29) is 26.6 Å². The largest absolute Gasteiger partial charge is 0.386 e. The van der Waals surface area contributed by atoms with Gasteiger partial charge in [0.15, 0.2) is 0 Å². The fourth-order valence-electron chi connectivity index (χ4n) is 2.86. The van der Waals surface area contributed by atoms with E-state index in [1.807, 2.05) is 0 Å². The molecule has 1 amide bonds. The van der Waals surface area contributed by atoms with Crippen LogP contribution in [0.1, 0.15) is 49.3 Å². The summed E-state index contributed by atoms with van der Waals surface area (Å²) < 4.78 is 29.6. The molecule has 2 heterocycles. The van der Waals surface area contributed by atoms with Crippen LogP contribution < -0.4 is 11.1 Å². The van der Waals surface area contributed by atoms with Gasteiger partial charge < -0.3 is 21.3 Å². The number of nitrogens with one attached hydrogen (secondary N) is 1. The van der Waals surface area contributed by atoms with Crippen molar-refractivity contribution in [1.29, 1.82) is 0 Å². The molecule has 2 aromatic heterocycles. The van der Waals surface area contributed by atoms with E-state index in [0.717, 1.165) is 23.5 Å². The number of hydrogen-bond acceptors (Lipinski definition) is 6. The van der Waals surface area contributed by atoms with Gasteiger partial charge in [0.25, 0.3) is 5.91 Å². The standard InChI is InChI=1S/C24H23F2N3O3S/c1-23(2,31)9-8-14-6-5-7-19(28-14)29-22-15(21(27)30)12-18(33-22)20-16(25)10-13(11-17(20)26)24(3,4)32/h5-7,10-12,31-32H,1-4H3,(H2,27,30)(H,28,29). The smallest absolute Gasteiger partial charge is 0.251 e. The number of nitrogens with zero attached hydrogens (tertiary/aromatic N) is 1. The number of halogens is 2. The highest BCUT2D eigenvalue weighted by molar-refractivity contribution is 7.20.